The van der Waals surface area contributed by atoms with Crippen LogP contribution < -0.4 is 5.32 Å². The van der Waals surface area contributed by atoms with Gasteiger partial charge in [-0.15, -0.1) is 0 Å². The summed E-state index contributed by atoms with van der Waals surface area (Å²) in [4.78, 5) is 13.1. The third-order valence-corrected chi connectivity index (χ3v) is 6.70. The number of anilines is 1. The van der Waals surface area contributed by atoms with Crippen molar-refractivity contribution in [2.24, 2.45) is 0 Å². The summed E-state index contributed by atoms with van der Waals surface area (Å²) < 4.78 is 13.4. The van der Waals surface area contributed by atoms with Gasteiger partial charge in [-0.25, -0.2) is 15.0 Å². The van der Waals surface area contributed by atoms with Crippen LogP contribution in [0.4, 0.5) is 5.82 Å². The van der Waals surface area contributed by atoms with Crippen LogP contribution in [0.15, 0.2) is 36.9 Å². The van der Waals surface area contributed by atoms with E-state index in [0.29, 0.717) is 28.6 Å². The fourth-order valence-corrected chi connectivity index (χ4v) is 4.72. The average molecular weight is 476 g/mol. The third-order valence-electron chi connectivity index (χ3n) is 6.34. The van der Waals surface area contributed by atoms with Gasteiger partial charge in [0.05, 0.1) is 31.7 Å². The molecule has 33 heavy (non-hydrogen) atoms. The Balaban J connectivity index is 1.33. The van der Waals surface area contributed by atoms with Gasteiger partial charge in [-0.1, -0.05) is 29.8 Å². The SMILES string of the molecule is OC[C@H]1O[C@@H](n2cnc3c(N[C@@H]4CCC[C@H]4OCc4ccccc4Cl)ncnc32)[C@H](O)[C@@H]1O. The van der Waals surface area contributed by atoms with Crippen molar-refractivity contribution in [1.82, 2.24) is 19.5 Å². The van der Waals surface area contributed by atoms with Gasteiger partial charge in [-0.05, 0) is 30.9 Å². The Morgan fingerprint density at radius 1 is 1.15 bits per heavy atom. The Hall–Kier alpha value is -2.34. The van der Waals surface area contributed by atoms with Crippen LogP contribution in [0.3, 0.4) is 0 Å². The predicted molar refractivity (Wildman–Crippen MR) is 120 cm³/mol. The summed E-state index contributed by atoms with van der Waals surface area (Å²) in [6, 6.07) is 7.69. The van der Waals surface area contributed by atoms with Gasteiger partial charge in [-0.3, -0.25) is 4.57 Å². The summed E-state index contributed by atoms with van der Waals surface area (Å²) in [7, 11) is 0. The van der Waals surface area contributed by atoms with Crippen LogP contribution in [0.2, 0.25) is 5.02 Å². The number of nitrogens with one attached hydrogen (secondary N) is 1. The maximum Gasteiger partial charge on any atom is 0.167 e. The molecule has 2 fully saturated rings. The normalized spacial score (nSPS) is 29.7. The molecular formula is C22H26ClN5O5. The van der Waals surface area contributed by atoms with Crippen molar-refractivity contribution in [3.8, 4) is 0 Å². The second-order valence-electron chi connectivity index (χ2n) is 8.40. The van der Waals surface area contributed by atoms with Crippen LogP contribution >= 0.6 is 11.6 Å². The molecule has 5 rings (SSSR count). The van der Waals surface area contributed by atoms with E-state index in [1.165, 1.54) is 12.7 Å². The zero-order valence-corrected chi connectivity index (χ0v) is 18.5. The van der Waals surface area contributed by atoms with E-state index >= 15 is 0 Å². The summed E-state index contributed by atoms with van der Waals surface area (Å²) in [5, 5.41) is 34.0. The Morgan fingerprint density at radius 2 is 2.00 bits per heavy atom. The van der Waals surface area contributed by atoms with Gasteiger partial charge in [-0.2, -0.15) is 0 Å². The first kappa shape index (κ1) is 22.5. The Labute approximate surface area is 195 Å². The predicted octanol–water partition coefficient (Wildman–Crippen LogP) is 1.64. The number of aliphatic hydroxyl groups is 3. The van der Waals surface area contributed by atoms with E-state index in [9.17, 15) is 15.3 Å². The minimum absolute atomic E-state index is 0.00572. The van der Waals surface area contributed by atoms with E-state index in [1.807, 2.05) is 24.3 Å². The molecular weight excluding hydrogens is 450 g/mol. The zero-order chi connectivity index (χ0) is 22.9. The molecule has 11 heteroatoms. The van der Waals surface area contributed by atoms with Crippen LogP contribution in [0.25, 0.3) is 11.2 Å². The highest BCUT2D eigenvalue weighted by atomic mass is 35.5. The van der Waals surface area contributed by atoms with Gasteiger partial charge < -0.3 is 30.1 Å². The lowest BCUT2D eigenvalue weighted by atomic mass is 10.1. The van der Waals surface area contributed by atoms with Gasteiger partial charge in [0.1, 0.15) is 24.6 Å². The number of rotatable bonds is 7. The number of imidazole rings is 1. The second-order valence-corrected chi connectivity index (χ2v) is 8.80. The fourth-order valence-electron chi connectivity index (χ4n) is 4.53. The zero-order valence-electron chi connectivity index (χ0n) is 17.8. The Bertz CT molecular complexity index is 1110. The van der Waals surface area contributed by atoms with Crippen LogP contribution in [-0.2, 0) is 16.1 Å². The quantitative estimate of drug-likeness (QED) is 0.402. The smallest absolute Gasteiger partial charge is 0.167 e. The molecule has 3 heterocycles. The number of aliphatic hydroxyl groups excluding tert-OH is 3. The monoisotopic (exact) mass is 475 g/mol. The van der Waals surface area contributed by atoms with Crippen molar-refractivity contribution in [2.75, 3.05) is 11.9 Å². The molecule has 0 unspecified atom stereocenters. The number of fused-ring (bicyclic) bond motifs is 1. The van der Waals surface area contributed by atoms with Gasteiger partial charge in [0, 0.05) is 5.02 Å². The molecule has 2 aromatic heterocycles. The highest BCUT2D eigenvalue weighted by Gasteiger charge is 2.44. The number of hydrogen-bond donors (Lipinski definition) is 4. The number of halogens is 1. The lowest BCUT2D eigenvalue weighted by Crippen LogP contribution is -2.33. The van der Waals surface area contributed by atoms with E-state index in [1.54, 1.807) is 4.57 Å². The van der Waals surface area contributed by atoms with Crippen LogP contribution in [0, 0.1) is 0 Å². The van der Waals surface area contributed by atoms with Crippen molar-refractivity contribution in [2.45, 2.75) is 62.6 Å². The molecule has 176 valence electrons. The minimum atomic E-state index is -1.22. The third kappa shape index (κ3) is 4.30. The molecule has 1 aliphatic carbocycles. The standard InChI is InChI=1S/C22H26ClN5O5/c23-13-5-2-1-4-12(13)9-32-15-7-3-6-14(15)27-20-17-21(25-10-24-20)28(11-26-17)22-19(31)18(30)16(8-29)33-22/h1-2,4-5,10-11,14-16,18-19,22,29-31H,3,6-9H2,(H,24,25,27)/t14-,15-,16-,18-,19-,22-/m1/s1. The fraction of sp³-hybridized carbons (Fsp3) is 0.500. The lowest BCUT2D eigenvalue weighted by molar-refractivity contribution is -0.0511. The van der Waals surface area contributed by atoms with Crippen molar-refractivity contribution < 1.29 is 24.8 Å². The number of nitrogens with zero attached hydrogens (tertiary/aromatic N) is 4. The Kier molecular flexibility index (Phi) is 6.46. The molecule has 0 radical (unpaired) electrons. The summed E-state index contributed by atoms with van der Waals surface area (Å²) in [6.45, 7) is 0.0298. The summed E-state index contributed by atoms with van der Waals surface area (Å²) >= 11 is 6.25. The molecule has 4 N–H and O–H groups in total. The maximum atomic E-state index is 10.4. The molecule has 1 aliphatic heterocycles. The van der Waals surface area contributed by atoms with Crippen LogP contribution in [0.1, 0.15) is 31.1 Å². The van der Waals surface area contributed by atoms with E-state index in [-0.39, 0.29) is 12.1 Å². The maximum absolute atomic E-state index is 10.4. The first-order valence-corrected chi connectivity index (χ1v) is 11.4. The molecule has 0 amide bonds. The Morgan fingerprint density at radius 3 is 2.79 bits per heavy atom. The summed E-state index contributed by atoms with van der Waals surface area (Å²) in [6.07, 6.45) is 1.56. The molecule has 3 aromatic rings. The molecule has 1 saturated carbocycles. The molecule has 6 atom stereocenters. The van der Waals surface area contributed by atoms with Crippen molar-refractivity contribution >= 4 is 28.6 Å². The molecule has 0 spiro atoms. The average Bonchev–Trinajstić information content (AvgIpc) is 3.52. The first-order valence-electron chi connectivity index (χ1n) is 11.0. The van der Waals surface area contributed by atoms with Crippen molar-refractivity contribution in [1.29, 1.82) is 0 Å². The molecule has 1 saturated heterocycles. The highest BCUT2D eigenvalue weighted by Crippen LogP contribution is 2.33. The molecule has 1 aromatic carbocycles. The number of ether oxygens (including phenoxy) is 2. The minimum Gasteiger partial charge on any atom is -0.394 e. The van der Waals surface area contributed by atoms with Crippen LogP contribution in [0.5, 0.6) is 0 Å². The summed E-state index contributed by atoms with van der Waals surface area (Å²) in [5.74, 6) is 0.559. The van der Waals surface area contributed by atoms with Gasteiger partial charge >= 0.3 is 0 Å². The number of benzene rings is 1. The van der Waals surface area contributed by atoms with E-state index < -0.39 is 31.1 Å². The highest BCUT2D eigenvalue weighted by molar-refractivity contribution is 6.31. The second kappa shape index (κ2) is 9.49. The first-order chi connectivity index (χ1) is 16.1. The lowest BCUT2D eigenvalue weighted by Gasteiger charge is -2.22. The van der Waals surface area contributed by atoms with E-state index in [2.05, 4.69) is 20.3 Å². The van der Waals surface area contributed by atoms with Gasteiger partial charge in [0.2, 0.25) is 0 Å². The van der Waals surface area contributed by atoms with Crippen LogP contribution in [-0.4, -0.2) is 71.9 Å². The topological polar surface area (TPSA) is 135 Å². The number of hydrogen-bond acceptors (Lipinski definition) is 9. The van der Waals surface area contributed by atoms with Gasteiger partial charge in [0.25, 0.3) is 0 Å². The van der Waals surface area contributed by atoms with Crippen molar-refractivity contribution in [3.63, 3.8) is 0 Å². The van der Waals surface area contributed by atoms with E-state index in [4.69, 9.17) is 21.1 Å². The van der Waals surface area contributed by atoms with Crippen molar-refractivity contribution in [3.05, 3.63) is 47.5 Å². The van der Waals surface area contributed by atoms with E-state index in [0.717, 1.165) is 24.8 Å². The summed E-state index contributed by atoms with van der Waals surface area (Å²) in [5.41, 5.74) is 1.92. The molecule has 2 aliphatic rings. The molecule has 10 nitrogen and oxygen atoms in total. The van der Waals surface area contributed by atoms with Gasteiger partial charge in [0.15, 0.2) is 23.2 Å². The molecule has 0 bridgehead atoms. The number of aromatic nitrogens is 4. The largest absolute Gasteiger partial charge is 0.394 e.